The lowest BCUT2D eigenvalue weighted by molar-refractivity contribution is 0.593. The highest BCUT2D eigenvalue weighted by Crippen LogP contribution is 2.55. The zero-order valence-electron chi connectivity index (χ0n) is 21.4. The van der Waals surface area contributed by atoms with Gasteiger partial charge in [0.1, 0.15) is 11.2 Å². The molecule has 0 N–H and O–H groups in total. The number of aromatic nitrogens is 1. The van der Waals surface area contributed by atoms with Gasteiger partial charge in [0.15, 0.2) is 7.14 Å². The van der Waals surface area contributed by atoms with Gasteiger partial charge in [0.25, 0.3) is 0 Å². The first-order valence-electron chi connectivity index (χ1n) is 13.5. The van der Waals surface area contributed by atoms with E-state index in [-0.39, 0.29) is 0 Å². The van der Waals surface area contributed by atoms with E-state index in [0.29, 0.717) is 0 Å². The molecule has 188 valence electrons. The number of fused-ring (bicyclic) bond motifs is 10. The number of para-hydroxylation sites is 2. The predicted molar refractivity (Wildman–Crippen MR) is 166 cm³/mol. The fourth-order valence-electron chi connectivity index (χ4n) is 6.79. The minimum absolute atomic E-state index is 0.855. The Labute approximate surface area is 230 Å². The van der Waals surface area contributed by atoms with Gasteiger partial charge in [0, 0.05) is 32.1 Å². The molecule has 1 aliphatic heterocycles. The van der Waals surface area contributed by atoms with Gasteiger partial charge >= 0.3 is 0 Å². The maximum atomic E-state index is 15.6. The lowest BCUT2D eigenvalue weighted by Crippen LogP contribution is -2.21. The van der Waals surface area contributed by atoms with Crippen LogP contribution in [0.1, 0.15) is 0 Å². The first-order valence-corrected chi connectivity index (χ1v) is 15.2. The van der Waals surface area contributed by atoms with Gasteiger partial charge in [-0.3, -0.25) is 0 Å². The molecule has 8 aromatic rings. The van der Waals surface area contributed by atoms with E-state index in [2.05, 4.69) is 71.3 Å². The monoisotopic (exact) mass is 531 g/mol. The van der Waals surface area contributed by atoms with Crippen molar-refractivity contribution >= 4 is 66.8 Å². The Morgan fingerprint density at radius 3 is 2.15 bits per heavy atom. The highest BCUT2D eigenvalue weighted by molar-refractivity contribution is 7.86. The Hall–Kier alpha value is -4.85. The summed E-state index contributed by atoms with van der Waals surface area (Å²) in [7, 11) is -3.14. The summed E-state index contributed by atoms with van der Waals surface area (Å²) < 4.78 is 24.2. The van der Waals surface area contributed by atoms with Crippen LogP contribution in [0.25, 0.3) is 60.6 Å². The molecule has 0 radical (unpaired) electrons. The zero-order chi connectivity index (χ0) is 26.4. The van der Waals surface area contributed by atoms with E-state index in [0.717, 1.165) is 76.5 Å². The number of hydrogen-bond donors (Lipinski definition) is 0. The first kappa shape index (κ1) is 22.0. The van der Waals surface area contributed by atoms with E-state index in [1.165, 1.54) is 0 Å². The van der Waals surface area contributed by atoms with Crippen LogP contribution < -0.4 is 15.9 Å². The van der Waals surface area contributed by atoms with Gasteiger partial charge in [-0.1, -0.05) is 103 Å². The molecule has 9 rings (SSSR count). The van der Waals surface area contributed by atoms with Crippen molar-refractivity contribution in [3.8, 4) is 16.8 Å². The third-order valence-corrected chi connectivity index (χ3v) is 11.6. The Morgan fingerprint density at radius 2 is 1.25 bits per heavy atom. The average Bonchev–Trinajstić information content (AvgIpc) is 3.64. The highest BCUT2D eigenvalue weighted by Gasteiger charge is 2.42. The summed E-state index contributed by atoms with van der Waals surface area (Å²) in [6.45, 7) is 0. The topological polar surface area (TPSA) is 35.1 Å². The molecule has 40 heavy (non-hydrogen) atoms. The fraction of sp³-hybridized carbons (Fsp3) is 0. The molecule has 1 atom stereocenters. The lowest BCUT2D eigenvalue weighted by Gasteiger charge is -2.17. The van der Waals surface area contributed by atoms with Crippen molar-refractivity contribution in [2.75, 3.05) is 0 Å². The van der Waals surface area contributed by atoms with Crippen LogP contribution >= 0.6 is 7.14 Å². The van der Waals surface area contributed by atoms with Gasteiger partial charge in [-0.15, -0.1) is 0 Å². The molecule has 2 aromatic heterocycles. The van der Waals surface area contributed by atoms with Gasteiger partial charge in [-0.2, -0.15) is 0 Å². The van der Waals surface area contributed by atoms with Gasteiger partial charge in [-0.25, -0.2) is 0 Å². The minimum atomic E-state index is -3.14. The van der Waals surface area contributed by atoms with Crippen LogP contribution in [-0.2, 0) is 4.57 Å². The molecule has 0 spiro atoms. The number of furan rings is 1. The second-order valence-corrected chi connectivity index (χ2v) is 13.1. The molecule has 0 saturated carbocycles. The van der Waals surface area contributed by atoms with E-state index in [4.69, 9.17) is 4.42 Å². The predicted octanol–water partition coefficient (Wildman–Crippen LogP) is 8.30. The van der Waals surface area contributed by atoms with Crippen LogP contribution in [0.2, 0.25) is 0 Å². The van der Waals surface area contributed by atoms with Crippen LogP contribution in [0, 0.1) is 0 Å². The van der Waals surface area contributed by atoms with Crippen molar-refractivity contribution in [1.29, 1.82) is 0 Å². The summed E-state index contributed by atoms with van der Waals surface area (Å²) in [5.74, 6) is 0. The van der Waals surface area contributed by atoms with Crippen molar-refractivity contribution < 1.29 is 8.98 Å². The molecule has 0 bridgehead atoms. The normalized spacial score (nSPS) is 16.2. The largest absolute Gasteiger partial charge is 0.456 e. The van der Waals surface area contributed by atoms with Crippen molar-refractivity contribution in [3.05, 3.63) is 133 Å². The number of hydrogen-bond acceptors (Lipinski definition) is 2. The third-order valence-electron chi connectivity index (χ3n) is 8.40. The molecule has 3 heterocycles. The van der Waals surface area contributed by atoms with Crippen molar-refractivity contribution in [1.82, 2.24) is 4.57 Å². The van der Waals surface area contributed by atoms with Crippen LogP contribution in [0.5, 0.6) is 0 Å². The van der Waals surface area contributed by atoms with Gasteiger partial charge in [0.2, 0.25) is 0 Å². The van der Waals surface area contributed by atoms with Crippen LogP contribution in [0.4, 0.5) is 0 Å². The Morgan fingerprint density at radius 1 is 0.525 bits per heavy atom. The molecule has 0 saturated heterocycles. The minimum Gasteiger partial charge on any atom is -0.456 e. The third kappa shape index (κ3) is 2.68. The Balaban J connectivity index is 1.48. The van der Waals surface area contributed by atoms with E-state index >= 15 is 4.57 Å². The maximum absolute atomic E-state index is 15.6. The molecular formula is C36H22NO2P. The molecule has 0 aliphatic carbocycles. The molecule has 1 unspecified atom stereocenters. The Bertz CT molecular complexity index is 2360. The van der Waals surface area contributed by atoms with Crippen molar-refractivity contribution in [3.63, 3.8) is 0 Å². The lowest BCUT2D eigenvalue weighted by atomic mass is 10.0. The van der Waals surface area contributed by atoms with Crippen molar-refractivity contribution in [2.45, 2.75) is 0 Å². The van der Waals surface area contributed by atoms with Gasteiger partial charge in [0.05, 0.1) is 22.1 Å². The van der Waals surface area contributed by atoms with E-state index in [1.807, 2.05) is 66.7 Å². The standard InChI is InChI=1S/C36H22NO2P/c38-40(23-11-2-1-3-12-23)33-20-9-6-13-24(33)25-21-22-30-35(36(25)40)26-14-4-7-16-28(26)37(30)29-17-10-19-32-34(29)27-15-5-8-18-31(27)39-32/h1-22H. The summed E-state index contributed by atoms with van der Waals surface area (Å²) in [6, 6.07) is 45.5. The average molecular weight is 532 g/mol. The van der Waals surface area contributed by atoms with Crippen molar-refractivity contribution in [2.24, 2.45) is 0 Å². The number of nitrogens with zero attached hydrogens (tertiary/aromatic N) is 1. The summed E-state index contributed by atoms with van der Waals surface area (Å²) in [5.41, 5.74) is 7.03. The summed E-state index contributed by atoms with van der Waals surface area (Å²) >= 11 is 0. The highest BCUT2D eigenvalue weighted by atomic mass is 31.2. The molecule has 6 aromatic carbocycles. The SMILES string of the molecule is O=P1(c2ccccc2)c2ccccc2-c2ccc3c(c21)c1ccccc1n3-c1cccc2oc3ccccc3c12. The van der Waals surface area contributed by atoms with Crippen LogP contribution in [0.15, 0.2) is 138 Å². The molecule has 0 fully saturated rings. The smallest absolute Gasteiger partial charge is 0.172 e. The molecule has 3 nitrogen and oxygen atoms in total. The zero-order valence-corrected chi connectivity index (χ0v) is 22.3. The quantitative estimate of drug-likeness (QED) is 0.210. The summed E-state index contributed by atoms with van der Waals surface area (Å²) in [6.07, 6.45) is 0. The van der Waals surface area contributed by atoms with E-state index < -0.39 is 7.14 Å². The second-order valence-electron chi connectivity index (χ2n) is 10.4. The van der Waals surface area contributed by atoms with E-state index in [9.17, 15) is 0 Å². The molecule has 0 amide bonds. The number of benzene rings is 6. The first-order chi connectivity index (χ1) is 19.7. The van der Waals surface area contributed by atoms with Crippen LogP contribution in [0.3, 0.4) is 0 Å². The summed E-state index contributed by atoms with van der Waals surface area (Å²) in [4.78, 5) is 0. The van der Waals surface area contributed by atoms with Crippen LogP contribution in [-0.4, -0.2) is 4.57 Å². The van der Waals surface area contributed by atoms with Gasteiger partial charge < -0.3 is 13.5 Å². The Kier molecular flexibility index (Phi) is 4.32. The maximum Gasteiger partial charge on any atom is 0.172 e. The summed E-state index contributed by atoms with van der Waals surface area (Å²) in [5, 5.41) is 7.05. The molecular weight excluding hydrogens is 509 g/mol. The number of rotatable bonds is 2. The van der Waals surface area contributed by atoms with Gasteiger partial charge in [-0.05, 0) is 41.5 Å². The molecule has 4 heteroatoms. The van der Waals surface area contributed by atoms with E-state index in [1.54, 1.807) is 0 Å². The second kappa shape index (κ2) is 7.85. The molecule has 1 aliphatic rings. The fourth-order valence-corrected chi connectivity index (χ4v) is 10.1.